The highest BCUT2D eigenvalue weighted by Crippen LogP contribution is 2.27. The molecular formula is C28H33NO4S. The maximum atomic E-state index is 13.0. The molecule has 1 aromatic heterocycles. The molecule has 0 spiro atoms. The van der Waals surface area contributed by atoms with Crippen molar-refractivity contribution in [3.63, 3.8) is 0 Å². The molecule has 0 aliphatic heterocycles. The molecule has 3 aromatic rings. The minimum Gasteiger partial charge on any atom is -0.494 e. The van der Waals surface area contributed by atoms with Crippen molar-refractivity contribution in [1.82, 2.24) is 4.98 Å². The van der Waals surface area contributed by atoms with E-state index in [1.54, 1.807) is 0 Å². The minimum atomic E-state index is -0.803. The van der Waals surface area contributed by atoms with Crippen molar-refractivity contribution in [3.05, 3.63) is 81.3 Å². The highest BCUT2D eigenvalue weighted by atomic mass is 32.1. The molecule has 0 saturated heterocycles. The fraction of sp³-hybridized carbons (Fsp3) is 0.393. The largest absolute Gasteiger partial charge is 0.494 e. The lowest BCUT2D eigenvalue weighted by atomic mass is 9.97. The quantitative estimate of drug-likeness (QED) is 0.207. The molecule has 2 aromatic carbocycles. The van der Waals surface area contributed by atoms with Gasteiger partial charge < -0.3 is 9.84 Å². The lowest BCUT2D eigenvalue weighted by molar-refractivity contribution is -0.137. The normalized spacial score (nSPS) is 11.8. The van der Waals surface area contributed by atoms with Gasteiger partial charge in [0.05, 0.1) is 12.3 Å². The zero-order valence-electron chi connectivity index (χ0n) is 20.0. The van der Waals surface area contributed by atoms with Crippen LogP contribution in [0.3, 0.4) is 0 Å². The Labute approximate surface area is 205 Å². The van der Waals surface area contributed by atoms with E-state index < -0.39 is 5.97 Å². The minimum absolute atomic E-state index is 0.00957. The number of rotatable bonds is 14. The molecule has 3 rings (SSSR count). The Balaban J connectivity index is 1.43. The van der Waals surface area contributed by atoms with Gasteiger partial charge in [0, 0.05) is 17.2 Å². The van der Waals surface area contributed by atoms with Crippen LogP contribution in [0.25, 0.3) is 0 Å². The fourth-order valence-corrected chi connectivity index (χ4v) is 4.93. The number of nitrogens with zero attached hydrogens (tertiary/aromatic N) is 1. The van der Waals surface area contributed by atoms with E-state index in [1.165, 1.54) is 16.9 Å². The molecule has 0 bridgehead atoms. The van der Waals surface area contributed by atoms with Crippen molar-refractivity contribution >= 4 is 23.1 Å². The van der Waals surface area contributed by atoms with E-state index in [0.717, 1.165) is 47.6 Å². The predicted molar refractivity (Wildman–Crippen MR) is 136 cm³/mol. The van der Waals surface area contributed by atoms with Gasteiger partial charge in [0.15, 0.2) is 10.8 Å². The summed E-state index contributed by atoms with van der Waals surface area (Å²) < 4.78 is 5.87. The lowest BCUT2D eigenvalue weighted by Gasteiger charge is -2.11. The summed E-state index contributed by atoms with van der Waals surface area (Å²) in [5.74, 6) is -0.297. The van der Waals surface area contributed by atoms with E-state index in [1.807, 2.05) is 44.2 Å². The number of ketones is 1. The summed E-state index contributed by atoms with van der Waals surface area (Å²) in [5, 5.41) is 9.31. The van der Waals surface area contributed by atoms with Crippen LogP contribution >= 0.6 is 11.3 Å². The number of Topliss-reactive ketones (excluding diaryl/α,β-unsaturated/α-hetero) is 1. The van der Waals surface area contributed by atoms with Gasteiger partial charge in [-0.25, -0.2) is 4.98 Å². The number of thiazole rings is 1. The van der Waals surface area contributed by atoms with E-state index >= 15 is 0 Å². The standard InChI is InChI=1S/C28H33NO4S/c1-20(27(32)28-29-21(2)25(34-28)13-9-14-26(30)31)23-15-17-24(18-16-23)33-19-8-4-7-12-22-10-5-3-6-11-22/h3,5-6,10-11,15-18,20H,4,7-9,12-14,19H2,1-2H3,(H,30,31). The van der Waals surface area contributed by atoms with Crippen LogP contribution in [0.1, 0.15) is 76.4 Å². The molecule has 0 radical (unpaired) electrons. The first-order valence-corrected chi connectivity index (χ1v) is 12.7. The van der Waals surface area contributed by atoms with Gasteiger partial charge in [0.25, 0.3) is 0 Å². The van der Waals surface area contributed by atoms with E-state index in [4.69, 9.17) is 9.84 Å². The third-order valence-corrected chi connectivity index (χ3v) is 7.12. The summed E-state index contributed by atoms with van der Waals surface area (Å²) in [4.78, 5) is 29.2. The molecular weight excluding hydrogens is 446 g/mol. The third-order valence-electron chi connectivity index (χ3n) is 5.89. The number of aliphatic carboxylic acids is 1. The van der Waals surface area contributed by atoms with Crippen LogP contribution < -0.4 is 4.74 Å². The highest BCUT2D eigenvalue weighted by molar-refractivity contribution is 7.13. The first kappa shape index (κ1) is 25.6. The summed E-state index contributed by atoms with van der Waals surface area (Å²) >= 11 is 1.38. The molecule has 1 unspecified atom stereocenters. The lowest BCUT2D eigenvalue weighted by Crippen LogP contribution is -2.09. The fourth-order valence-electron chi connectivity index (χ4n) is 3.80. The summed E-state index contributed by atoms with van der Waals surface area (Å²) in [6.07, 6.45) is 5.71. The molecule has 6 heteroatoms. The number of unbranched alkanes of at least 4 members (excludes halogenated alkanes) is 2. The Hall–Kier alpha value is -2.99. The van der Waals surface area contributed by atoms with Crippen LogP contribution in [-0.4, -0.2) is 28.4 Å². The van der Waals surface area contributed by atoms with Crippen LogP contribution in [0.15, 0.2) is 54.6 Å². The Morgan fingerprint density at radius 2 is 1.71 bits per heavy atom. The molecule has 0 saturated carbocycles. The molecule has 0 amide bonds. The topological polar surface area (TPSA) is 76.5 Å². The smallest absolute Gasteiger partial charge is 0.303 e. The molecule has 0 aliphatic rings. The second-order valence-electron chi connectivity index (χ2n) is 8.57. The van der Waals surface area contributed by atoms with Crippen molar-refractivity contribution in [1.29, 1.82) is 0 Å². The van der Waals surface area contributed by atoms with Gasteiger partial charge in [0.1, 0.15) is 5.75 Å². The van der Waals surface area contributed by atoms with Gasteiger partial charge >= 0.3 is 5.97 Å². The second-order valence-corrected chi connectivity index (χ2v) is 9.66. The average Bonchev–Trinajstić information content (AvgIpc) is 3.21. The summed E-state index contributed by atoms with van der Waals surface area (Å²) in [7, 11) is 0. The van der Waals surface area contributed by atoms with Gasteiger partial charge in [-0.2, -0.15) is 0 Å². The zero-order chi connectivity index (χ0) is 24.3. The molecule has 0 fully saturated rings. The van der Waals surface area contributed by atoms with E-state index in [0.29, 0.717) is 24.5 Å². The number of hydrogen-bond donors (Lipinski definition) is 1. The monoisotopic (exact) mass is 479 g/mol. The molecule has 1 heterocycles. The van der Waals surface area contributed by atoms with Crippen molar-refractivity contribution in [2.45, 2.75) is 64.7 Å². The second kappa shape index (κ2) is 13.0. The first-order valence-electron chi connectivity index (χ1n) is 11.9. The third kappa shape index (κ3) is 7.80. The average molecular weight is 480 g/mol. The Kier molecular flexibility index (Phi) is 9.83. The van der Waals surface area contributed by atoms with Gasteiger partial charge in [-0.1, -0.05) is 49.4 Å². The summed E-state index contributed by atoms with van der Waals surface area (Å²) in [6.45, 7) is 4.46. The van der Waals surface area contributed by atoms with Gasteiger partial charge in [0.2, 0.25) is 0 Å². The molecule has 5 nitrogen and oxygen atoms in total. The van der Waals surface area contributed by atoms with Crippen LogP contribution in [0.5, 0.6) is 5.75 Å². The molecule has 180 valence electrons. The van der Waals surface area contributed by atoms with Crippen molar-refractivity contribution < 1.29 is 19.4 Å². The number of aromatic nitrogens is 1. The van der Waals surface area contributed by atoms with Crippen LogP contribution in [0.4, 0.5) is 0 Å². The van der Waals surface area contributed by atoms with Crippen molar-refractivity contribution in [2.24, 2.45) is 0 Å². The number of aryl methyl sites for hydroxylation is 3. The Morgan fingerprint density at radius 1 is 0.971 bits per heavy atom. The van der Waals surface area contributed by atoms with Gasteiger partial charge in [-0.05, 0) is 68.7 Å². The van der Waals surface area contributed by atoms with Gasteiger partial charge in [-0.3, -0.25) is 9.59 Å². The van der Waals surface area contributed by atoms with Crippen molar-refractivity contribution in [3.8, 4) is 5.75 Å². The SMILES string of the molecule is Cc1nc(C(=O)C(C)c2ccc(OCCCCCc3ccccc3)cc2)sc1CCCC(=O)O. The zero-order valence-corrected chi connectivity index (χ0v) is 20.8. The maximum Gasteiger partial charge on any atom is 0.303 e. The maximum absolute atomic E-state index is 13.0. The number of carbonyl (C=O) groups is 2. The van der Waals surface area contributed by atoms with E-state index in [2.05, 4.69) is 29.2 Å². The van der Waals surface area contributed by atoms with Gasteiger partial charge in [-0.15, -0.1) is 11.3 Å². The van der Waals surface area contributed by atoms with E-state index in [9.17, 15) is 9.59 Å². The first-order chi connectivity index (χ1) is 16.4. The number of carboxylic acid groups (broad SMARTS) is 1. The van der Waals surface area contributed by atoms with Crippen LogP contribution in [0, 0.1) is 6.92 Å². The Morgan fingerprint density at radius 3 is 2.41 bits per heavy atom. The molecule has 34 heavy (non-hydrogen) atoms. The number of hydrogen-bond acceptors (Lipinski definition) is 5. The number of ether oxygens (including phenoxy) is 1. The molecule has 1 atom stereocenters. The number of benzene rings is 2. The number of carbonyl (C=O) groups excluding carboxylic acids is 1. The van der Waals surface area contributed by atoms with E-state index in [-0.39, 0.29) is 18.1 Å². The predicted octanol–water partition coefficient (Wildman–Crippen LogP) is 6.64. The molecule has 1 N–H and O–H groups in total. The van der Waals surface area contributed by atoms with Crippen LogP contribution in [-0.2, 0) is 17.6 Å². The Bertz CT molecular complexity index is 1060. The van der Waals surface area contributed by atoms with Crippen LogP contribution in [0.2, 0.25) is 0 Å². The molecule has 0 aliphatic carbocycles. The number of carboxylic acids is 1. The van der Waals surface area contributed by atoms with Crippen molar-refractivity contribution in [2.75, 3.05) is 6.61 Å². The highest BCUT2D eigenvalue weighted by Gasteiger charge is 2.22. The summed E-state index contributed by atoms with van der Waals surface area (Å²) in [6, 6.07) is 18.3. The summed E-state index contributed by atoms with van der Waals surface area (Å²) in [5.41, 5.74) is 3.13.